The Morgan fingerprint density at radius 2 is 1.80 bits per heavy atom. The van der Waals surface area contributed by atoms with E-state index in [2.05, 4.69) is 22.9 Å². The summed E-state index contributed by atoms with van der Waals surface area (Å²) in [6.45, 7) is 2.18. The van der Waals surface area contributed by atoms with E-state index in [1.807, 2.05) is 12.1 Å². The van der Waals surface area contributed by atoms with E-state index in [1.54, 1.807) is 14.2 Å². The molecule has 1 rings (SSSR count). The summed E-state index contributed by atoms with van der Waals surface area (Å²) < 4.78 is 11.5. The lowest BCUT2D eigenvalue weighted by Gasteiger charge is -2.11. The summed E-state index contributed by atoms with van der Waals surface area (Å²) in [6, 6.07) is 4.00. The summed E-state index contributed by atoms with van der Waals surface area (Å²) >= 11 is 3.45. The largest absolute Gasteiger partial charge is 0.496 e. The number of halogens is 1. The first-order chi connectivity index (χ1) is 7.22. The van der Waals surface area contributed by atoms with E-state index in [4.69, 9.17) is 9.47 Å². The summed E-state index contributed by atoms with van der Waals surface area (Å²) in [4.78, 5) is 0. The number of unbranched alkanes of at least 4 members (excludes halogenated alkanes) is 1. The number of methoxy groups -OCH3 is 2. The topological polar surface area (TPSA) is 18.5 Å². The molecule has 0 heterocycles. The third-order valence-electron chi connectivity index (χ3n) is 2.35. The van der Waals surface area contributed by atoms with Gasteiger partial charge in [0.2, 0.25) is 0 Å². The van der Waals surface area contributed by atoms with Crippen LogP contribution in [-0.4, -0.2) is 14.2 Å². The zero-order chi connectivity index (χ0) is 11.3. The third kappa shape index (κ3) is 3.13. The van der Waals surface area contributed by atoms with Crippen molar-refractivity contribution in [2.45, 2.75) is 26.2 Å². The molecule has 0 bridgehead atoms. The Hall–Kier alpha value is -0.700. The van der Waals surface area contributed by atoms with Gasteiger partial charge < -0.3 is 9.47 Å². The fraction of sp³-hybridized carbons (Fsp3) is 0.500. The van der Waals surface area contributed by atoms with E-state index in [-0.39, 0.29) is 0 Å². The van der Waals surface area contributed by atoms with Crippen molar-refractivity contribution in [3.8, 4) is 11.5 Å². The molecule has 3 heteroatoms. The molecule has 0 N–H and O–H groups in total. The summed E-state index contributed by atoms with van der Waals surface area (Å²) in [5.41, 5.74) is 1.21. The second-order valence-electron chi connectivity index (χ2n) is 3.40. The average molecular weight is 273 g/mol. The van der Waals surface area contributed by atoms with Crippen LogP contribution in [0.25, 0.3) is 0 Å². The number of rotatable bonds is 5. The van der Waals surface area contributed by atoms with Gasteiger partial charge in [-0.25, -0.2) is 0 Å². The first-order valence-electron chi connectivity index (χ1n) is 5.13. The van der Waals surface area contributed by atoms with Crippen LogP contribution in [0.5, 0.6) is 11.5 Å². The lowest BCUT2D eigenvalue weighted by atomic mass is 10.1. The molecule has 0 aliphatic rings. The molecule has 0 amide bonds. The quantitative estimate of drug-likeness (QED) is 0.812. The number of hydrogen-bond donors (Lipinski definition) is 0. The highest BCUT2D eigenvalue weighted by Gasteiger charge is 2.08. The van der Waals surface area contributed by atoms with Crippen molar-refractivity contribution in [3.63, 3.8) is 0 Å². The summed E-state index contributed by atoms with van der Waals surface area (Å²) in [6.07, 6.45) is 3.38. The van der Waals surface area contributed by atoms with E-state index in [0.29, 0.717) is 0 Å². The van der Waals surface area contributed by atoms with Crippen molar-refractivity contribution in [1.82, 2.24) is 0 Å². The standard InChI is InChI=1S/C12H17BrO2/c1-4-5-6-9-7-12(15-3)10(13)8-11(9)14-2/h7-8H,4-6H2,1-3H3. The van der Waals surface area contributed by atoms with Crippen molar-refractivity contribution in [3.05, 3.63) is 22.2 Å². The third-order valence-corrected chi connectivity index (χ3v) is 2.97. The first kappa shape index (κ1) is 12.4. The smallest absolute Gasteiger partial charge is 0.133 e. The van der Waals surface area contributed by atoms with Gasteiger partial charge in [0.1, 0.15) is 11.5 Å². The molecule has 2 nitrogen and oxygen atoms in total. The molecule has 0 fully saturated rings. The zero-order valence-corrected chi connectivity index (χ0v) is 11.1. The molecule has 0 saturated carbocycles. The predicted molar refractivity (Wildman–Crippen MR) is 65.9 cm³/mol. The summed E-state index contributed by atoms with van der Waals surface area (Å²) in [5.74, 6) is 1.79. The van der Waals surface area contributed by atoms with Crippen LogP contribution < -0.4 is 9.47 Å². The molecular weight excluding hydrogens is 256 g/mol. The van der Waals surface area contributed by atoms with E-state index in [9.17, 15) is 0 Å². The van der Waals surface area contributed by atoms with Gasteiger partial charge in [0, 0.05) is 0 Å². The fourth-order valence-electron chi connectivity index (χ4n) is 1.49. The van der Waals surface area contributed by atoms with Crippen molar-refractivity contribution in [2.75, 3.05) is 14.2 Å². The van der Waals surface area contributed by atoms with Gasteiger partial charge in [0.25, 0.3) is 0 Å². The molecule has 0 aliphatic heterocycles. The van der Waals surface area contributed by atoms with E-state index in [0.717, 1.165) is 22.4 Å². The van der Waals surface area contributed by atoms with Gasteiger partial charge in [-0.2, -0.15) is 0 Å². The molecular formula is C12H17BrO2. The van der Waals surface area contributed by atoms with Crippen LogP contribution in [0.2, 0.25) is 0 Å². The van der Waals surface area contributed by atoms with Crippen LogP contribution in [0.3, 0.4) is 0 Å². The van der Waals surface area contributed by atoms with Crippen LogP contribution >= 0.6 is 15.9 Å². The second kappa shape index (κ2) is 6.01. The Balaban J connectivity index is 2.99. The Labute approximate surface area is 99.7 Å². The van der Waals surface area contributed by atoms with E-state index in [1.165, 1.54) is 18.4 Å². The van der Waals surface area contributed by atoms with E-state index >= 15 is 0 Å². The minimum atomic E-state index is 0.863. The maximum Gasteiger partial charge on any atom is 0.133 e. The second-order valence-corrected chi connectivity index (χ2v) is 4.26. The summed E-state index contributed by atoms with van der Waals surface area (Å²) in [5, 5.41) is 0. The Bertz CT molecular complexity index is 324. The molecule has 84 valence electrons. The molecule has 0 spiro atoms. The normalized spacial score (nSPS) is 10.1. The van der Waals surface area contributed by atoms with Gasteiger partial charge >= 0.3 is 0 Å². The maximum atomic E-state index is 5.34. The molecule has 0 unspecified atom stereocenters. The van der Waals surface area contributed by atoms with Crippen LogP contribution in [0.1, 0.15) is 25.3 Å². The molecule has 0 saturated heterocycles. The van der Waals surface area contributed by atoms with Gasteiger partial charge in [-0.15, -0.1) is 0 Å². The van der Waals surface area contributed by atoms with Gasteiger partial charge in [0.05, 0.1) is 18.7 Å². The number of benzene rings is 1. The fourth-order valence-corrected chi connectivity index (χ4v) is 1.97. The van der Waals surface area contributed by atoms with Gasteiger partial charge in [-0.05, 0) is 46.5 Å². The zero-order valence-electron chi connectivity index (χ0n) is 9.47. The summed E-state index contributed by atoms with van der Waals surface area (Å²) in [7, 11) is 3.37. The number of aryl methyl sites for hydroxylation is 1. The Morgan fingerprint density at radius 1 is 1.13 bits per heavy atom. The highest BCUT2D eigenvalue weighted by Crippen LogP contribution is 2.33. The van der Waals surface area contributed by atoms with Crippen LogP contribution in [-0.2, 0) is 6.42 Å². The minimum Gasteiger partial charge on any atom is -0.496 e. The van der Waals surface area contributed by atoms with Crippen molar-refractivity contribution in [2.24, 2.45) is 0 Å². The SMILES string of the molecule is CCCCc1cc(OC)c(Br)cc1OC. The lowest BCUT2D eigenvalue weighted by Crippen LogP contribution is -1.95. The van der Waals surface area contributed by atoms with Crippen LogP contribution in [0, 0.1) is 0 Å². The molecule has 1 aromatic rings. The lowest BCUT2D eigenvalue weighted by molar-refractivity contribution is 0.396. The molecule has 0 aliphatic carbocycles. The maximum absolute atomic E-state index is 5.34. The number of ether oxygens (including phenoxy) is 2. The monoisotopic (exact) mass is 272 g/mol. The van der Waals surface area contributed by atoms with Crippen LogP contribution in [0.4, 0.5) is 0 Å². The van der Waals surface area contributed by atoms with Crippen LogP contribution in [0.15, 0.2) is 16.6 Å². The number of hydrogen-bond acceptors (Lipinski definition) is 2. The molecule has 0 radical (unpaired) electrons. The molecule has 1 aromatic carbocycles. The van der Waals surface area contributed by atoms with Gasteiger partial charge in [-0.3, -0.25) is 0 Å². The first-order valence-corrected chi connectivity index (χ1v) is 5.92. The Kier molecular flexibility index (Phi) is 4.95. The molecule has 0 aromatic heterocycles. The van der Waals surface area contributed by atoms with Gasteiger partial charge in [0.15, 0.2) is 0 Å². The highest BCUT2D eigenvalue weighted by atomic mass is 79.9. The van der Waals surface area contributed by atoms with Gasteiger partial charge in [-0.1, -0.05) is 13.3 Å². The predicted octanol–water partition coefficient (Wildman–Crippen LogP) is 3.81. The van der Waals surface area contributed by atoms with E-state index < -0.39 is 0 Å². The highest BCUT2D eigenvalue weighted by molar-refractivity contribution is 9.10. The van der Waals surface area contributed by atoms with Crippen molar-refractivity contribution in [1.29, 1.82) is 0 Å². The average Bonchev–Trinajstić information content (AvgIpc) is 2.26. The van der Waals surface area contributed by atoms with Crippen molar-refractivity contribution < 1.29 is 9.47 Å². The minimum absolute atomic E-state index is 0.863. The van der Waals surface area contributed by atoms with Crippen molar-refractivity contribution >= 4 is 15.9 Å². The molecule has 0 atom stereocenters. The Morgan fingerprint density at radius 3 is 2.33 bits per heavy atom. The molecule has 15 heavy (non-hydrogen) atoms.